The molecule has 0 spiro atoms. The molecule has 0 radical (unpaired) electrons. The zero-order chi connectivity index (χ0) is 57.8. The SMILES string of the molecule is CC/C=C\C/C=C\C/C=C\C/C=C\C/C=C\CCCCCCCCCCCCCC(=O)OCC(COC(=O)CCCCCCCCC/C=C\C/C=C\C/C=C\CC)OC(=O)CCCCCCCCC/C=C\C/C=C\CCCCCC. The van der Waals surface area contributed by atoms with Gasteiger partial charge in [-0.25, -0.2) is 0 Å². The zero-order valence-electron chi connectivity index (χ0n) is 52.3. The van der Waals surface area contributed by atoms with E-state index in [1.807, 2.05) is 0 Å². The largest absolute Gasteiger partial charge is 0.462 e. The van der Waals surface area contributed by atoms with Gasteiger partial charge in [-0.3, -0.25) is 14.4 Å². The molecule has 0 fully saturated rings. The second kappa shape index (κ2) is 67.3. The number of carbonyl (C=O) groups is 3. The Kier molecular flexibility index (Phi) is 63.8. The summed E-state index contributed by atoms with van der Waals surface area (Å²) in [6, 6.07) is 0. The molecule has 0 N–H and O–H groups in total. The smallest absolute Gasteiger partial charge is 0.306 e. The van der Waals surface area contributed by atoms with Crippen molar-refractivity contribution in [1.82, 2.24) is 0 Å². The summed E-state index contributed by atoms with van der Waals surface area (Å²) in [6.45, 7) is 6.41. The highest BCUT2D eigenvalue weighted by atomic mass is 16.6. The molecule has 0 aliphatic rings. The summed E-state index contributed by atoms with van der Waals surface area (Å²) in [6.07, 6.45) is 93.4. The maximum Gasteiger partial charge on any atom is 0.306 e. The van der Waals surface area contributed by atoms with E-state index in [1.54, 1.807) is 0 Å². The first-order valence-corrected chi connectivity index (χ1v) is 33.5. The van der Waals surface area contributed by atoms with E-state index in [-0.39, 0.29) is 31.1 Å². The number of esters is 3. The fourth-order valence-electron chi connectivity index (χ4n) is 9.22. The van der Waals surface area contributed by atoms with Crippen molar-refractivity contribution in [3.63, 3.8) is 0 Å². The Morgan fingerprint density at radius 2 is 0.487 bits per heavy atom. The fourth-order valence-corrected chi connectivity index (χ4v) is 9.22. The number of unbranched alkanes of at least 4 members (excludes halogenated alkanes) is 29. The highest BCUT2D eigenvalue weighted by molar-refractivity contribution is 5.71. The highest BCUT2D eigenvalue weighted by Crippen LogP contribution is 2.16. The van der Waals surface area contributed by atoms with E-state index in [2.05, 4.69) is 142 Å². The fraction of sp³-hybridized carbons (Fsp3) is 0.689. The molecule has 456 valence electrons. The summed E-state index contributed by atoms with van der Waals surface area (Å²) in [4.78, 5) is 38.4. The Bertz CT molecular complexity index is 1650. The van der Waals surface area contributed by atoms with Crippen LogP contribution in [-0.2, 0) is 28.6 Å². The molecule has 0 rings (SSSR count). The average molecular weight is 1110 g/mol. The summed E-state index contributed by atoms with van der Waals surface area (Å²) in [5.41, 5.74) is 0. The summed E-state index contributed by atoms with van der Waals surface area (Å²) in [5, 5.41) is 0. The van der Waals surface area contributed by atoms with Gasteiger partial charge in [0.25, 0.3) is 0 Å². The standard InChI is InChI=1S/C74H124O6/c1-4-7-10-13-16-19-22-25-28-31-33-34-35-36-37-38-39-40-41-44-46-49-52-55-58-61-64-67-73(76)79-70-71(69-78-72(75)66-63-60-57-54-51-48-45-42-30-27-24-21-18-15-12-9-6-3)80-74(77)68-65-62-59-56-53-50-47-43-32-29-26-23-20-17-14-11-8-5-2/h7,9-10,12,16,18-21,23,25,27-30,32-34,36-37,71H,4-6,8,11,13-15,17,22,24,26,31,35,38-70H2,1-3H3/b10-7-,12-9-,19-16-,21-18-,23-20-,28-25-,30-27-,32-29-,34-33-,37-36-. The van der Waals surface area contributed by atoms with Gasteiger partial charge in [0.05, 0.1) is 0 Å². The molecule has 0 amide bonds. The minimum Gasteiger partial charge on any atom is -0.462 e. The van der Waals surface area contributed by atoms with Crippen molar-refractivity contribution >= 4 is 17.9 Å². The van der Waals surface area contributed by atoms with E-state index < -0.39 is 6.10 Å². The van der Waals surface area contributed by atoms with E-state index >= 15 is 0 Å². The molecular formula is C74H124O6. The number of hydrogen-bond donors (Lipinski definition) is 0. The molecular weight excluding hydrogens is 985 g/mol. The molecule has 0 saturated heterocycles. The van der Waals surface area contributed by atoms with Crippen molar-refractivity contribution in [3.8, 4) is 0 Å². The third kappa shape index (κ3) is 64.6. The Balaban J connectivity index is 4.37. The van der Waals surface area contributed by atoms with Crippen molar-refractivity contribution in [2.75, 3.05) is 13.2 Å². The Hall–Kier alpha value is -4.19. The van der Waals surface area contributed by atoms with Gasteiger partial charge in [0.1, 0.15) is 13.2 Å². The van der Waals surface area contributed by atoms with Crippen LogP contribution in [-0.4, -0.2) is 37.2 Å². The van der Waals surface area contributed by atoms with Crippen molar-refractivity contribution < 1.29 is 28.6 Å². The lowest BCUT2D eigenvalue weighted by Gasteiger charge is -2.18. The minimum absolute atomic E-state index is 0.0873. The lowest BCUT2D eigenvalue weighted by Crippen LogP contribution is -2.30. The number of hydrogen-bond acceptors (Lipinski definition) is 6. The Morgan fingerprint density at radius 1 is 0.263 bits per heavy atom. The van der Waals surface area contributed by atoms with Crippen LogP contribution >= 0.6 is 0 Å². The van der Waals surface area contributed by atoms with E-state index in [0.717, 1.165) is 128 Å². The minimum atomic E-state index is -0.792. The van der Waals surface area contributed by atoms with Gasteiger partial charge in [-0.15, -0.1) is 0 Å². The van der Waals surface area contributed by atoms with Gasteiger partial charge < -0.3 is 14.2 Å². The summed E-state index contributed by atoms with van der Waals surface area (Å²) >= 11 is 0. The van der Waals surface area contributed by atoms with Crippen LogP contribution in [0.2, 0.25) is 0 Å². The monoisotopic (exact) mass is 1110 g/mol. The van der Waals surface area contributed by atoms with E-state index in [1.165, 1.54) is 141 Å². The second-order valence-corrected chi connectivity index (χ2v) is 22.0. The first-order valence-electron chi connectivity index (χ1n) is 33.5. The molecule has 1 unspecified atom stereocenters. The topological polar surface area (TPSA) is 78.9 Å². The van der Waals surface area contributed by atoms with Crippen LogP contribution in [0.15, 0.2) is 122 Å². The van der Waals surface area contributed by atoms with Crippen LogP contribution in [0.1, 0.15) is 310 Å². The molecule has 0 aliphatic carbocycles. The third-order valence-electron chi connectivity index (χ3n) is 14.2. The molecule has 0 saturated carbocycles. The predicted molar refractivity (Wildman–Crippen MR) is 348 cm³/mol. The van der Waals surface area contributed by atoms with Gasteiger partial charge in [0.15, 0.2) is 6.10 Å². The van der Waals surface area contributed by atoms with Crippen LogP contribution in [0, 0.1) is 0 Å². The van der Waals surface area contributed by atoms with Crippen molar-refractivity contribution in [1.29, 1.82) is 0 Å². The highest BCUT2D eigenvalue weighted by Gasteiger charge is 2.19. The summed E-state index contributed by atoms with van der Waals surface area (Å²) in [5.74, 6) is -0.899. The van der Waals surface area contributed by atoms with Crippen LogP contribution in [0.4, 0.5) is 0 Å². The maximum atomic E-state index is 12.9. The van der Waals surface area contributed by atoms with Crippen LogP contribution in [0.5, 0.6) is 0 Å². The second-order valence-electron chi connectivity index (χ2n) is 22.0. The Morgan fingerprint density at radius 3 is 0.762 bits per heavy atom. The number of allylic oxidation sites excluding steroid dienone is 20. The lowest BCUT2D eigenvalue weighted by atomic mass is 10.0. The normalized spacial score (nSPS) is 12.9. The lowest BCUT2D eigenvalue weighted by molar-refractivity contribution is -0.167. The van der Waals surface area contributed by atoms with Gasteiger partial charge in [0, 0.05) is 19.3 Å². The number of ether oxygens (including phenoxy) is 3. The van der Waals surface area contributed by atoms with E-state index in [0.29, 0.717) is 19.3 Å². The quantitative estimate of drug-likeness (QED) is 0.0261. The molecule has 6 heteroatoms. The number of carbonyl (C=O) groups excluding carboxylic acids is 3. The molecule has 1 atom stereocenters. The predicted octanol–water partition coefficient (Wildman–Crippen LogP) is 23.2. The third-order valence-corrected chi connectivity index (χ3v) is 14.2. The molecule has 80 heavy (non-hydrogen) atoms. The van der Waals surface area contributed by atoms with Crippen molar-refractivity contribution in [2.24, 2.45) is 0 Å². The van der Waals surface area contributed by atoms with Gasteiger partial charge in [-0.2, -0.15) is 0 Å². The van der Waals surface area contributed by atoms with E-state index in [4.69, 9.17) is 14.2 Å². The first-order chi connectivity index (χ1) is 39.5. The van der Waals surface area contributed by atoms with Crippen LogP contribution in [0.25, 0.3) is 0 Å². The molecule has 6 nitrogen and oxygen atoms in total. The van der Waals surface area contributed by atoms with E-state index in [9.17, 15) is 14.4 Å². The molecule has 0 heterocycles. The van der Waals surface area contributed by atoms with Crippen LogP contribution < -0.4 is 0 Å². The van der Waals surface area contributed by atoms with Gasteiger partial charge >= 0.3 is 17.9 Å². The summed E-state index contributed by atoms with van der Waals surface area (Å²) < 4.78 is 17.0. The van der Waals surface area contributed by atoms with Crippen molar-refractivity contribution in [3.05, 3.63) is 122 Å². The summed E-state index contributed by atoms with van der Waals surface area (Å²) in [7, 11) is 0. The molecule has 0 aromatic heterocycles. The Labute approximate surface area is 494 Å². The molecule has 0 bridgehead atoms. The number of rotatable bonds is 60. The van der Waals surface area contributed by atoms with Crippen molar-refractivity contribution in [2.45, 2.75) is 316 Å². The van der Waals surface area contributed by atoms with Crippen LogP contribution in [0.3, 0.4) is 0 Å². The van der Waals surface area contributed by atoms with Gasteiger partial charge in [0.2, 0.25) is 0 Å². The molecule has 0 aromatic carbocycles. The molecule has 0 aliphatic heterocycles. The first kappa shape index (κ1) is 75.8. The van der Waals surface area contributed by atoms with Gasteiger partial charge in [-0.05, 0) is 128 Å². The van der Waals surface area contributed by atoms with Gasteiger partial charge in [-0.1, -0.05) is 284 Å². The average Bonchev–Trinajstić information content (AvgIpc) is 3.46. The zero-order valence-corrected chi connectivity index (χ0v) is 52.3. The molecule has 0 aromatic rings. The maximum absolute atomic E-state index is 12.9.